The van der Waals surface area contributed by atoms with Crippen molar-refractivity contribution in [3.63, 3.8) is 0 Å². The average molecular weight is 413 g/mol. The van der Waals surface area contributed by atoms with Gasteiger partial charge in [0.1, 0.15) is 11.7 Å². The zero-order chi connectivity index (χ0) is 21.5. The Morgan fingerprint density at radius 1 is 1.13 bits per heavy atom. The second kappa shape index (κ2) is 7.93. The van der Waals surface area contributed by atoms with Crippen LogP contribution < -0.4 is 10.6 Å². The highest BCUT2D eigenvalue weighted by atomic mass is 16.2. The maximum absolute atomic E-state index is 13.0. The van der Waals surface area contributed by atoms with Gasteiger partial charge in [0.15, 0.2) is 0 Å². The molecule has 1 aromatic carbocycles. The first-order chi connectivity index (χ1) is 14.3. The minimum atomic E-state index is -0.661. The number of likely N-dealkylation sites (tertiary alicyclic amines) is 2. The molecular formula is C23H32N4O3. The van der Waals surface area contributed by atoms with Crippen LogP contribution in [0.3, 0.4) is 0 Å². The number of benzene rings is 1. The monoisotopic (exact) mass is 412 g/mol. The van der Waals surface area contributed by atoms with E-state index in [0.717, 1.165) is 37.2 Å². The summed E-state index contributed by atoms with van der Waals surface area (Å²) in [6.45, 7) is 8.02. The zero-order valence-corrected chi connectivity index (χ0v) is 18.2. The van der Waals surface area contributed by atoms with Crippen molar-refractivity contribution in [3.05, 3.63) is 29.3 Å². The van der Waals surface area contributed by atoms with Gasteiger partial charge < -0.3 is 20.4 Å². The molecule has 0 bridgehead atoms. The van der Waals surface area contributed by atoms with Crippen molar-refractivity contribution in [2.45, 2.75) is 64.6 Å². The van der Waals surface area contributed by atoms with Gasteiger partial charge in [0.05, 0.1) is 5.56 Å². The number of fused-ring (bicyclic) bond motifs is 1. The molecule has 3 aliphatic rings. The van der Waals surface area contributed by atoms with Crippen molar-refractivity contribution < 1.29 is 14.4 Å². The first kappa shape index (κ1) is 20.7. The summed E-state index contributed by atoms with van der Waals surface area (Å²) in [6.07, 6.45) is 3.40. The molecule has 0 aromatic heterocycles. The Hall–Kier alpha value is -2.57. The van der Waals surface area contributed by atoms with Crippen molar-refractivity contribution in [3.8, 4) is 0 Å². The van der Waals surface area contributed by atoms with Crippen LogP contribution in [-0.2, 0) is 9.59 Å². The topological polar surface area (TPSA) is 81.8 Å². The first-order valence-corrected chi connectivity index (χ1v) is 11.1. The van der Waals surface area contributed by atoms with Crippen molar-refractivity contribution in [1.29, 1.82) is 0 Å². The molecular weight excluding hydrogens is 380 g/mol. The van der Waals surface area contributed by atoms with E-state index < -0.39 is 11.7 Å². The molecule has 2 N–H and O–H groups in total. The summed E-state index contributed by atoms with van der Waals surface area (Å²) in [7, 11) is 0. The molecule has 3 aliphatic heterocycles. The van der Waals surface area contributed by atoms with Crippen LogP contribution in [0.1, 0.15) is 61.9 Å². The smallest absolute Gasteiger partial charge is 0.255 e. The van der Waals surface area contributed by atoms with Crippen LogP contribution in [0.15, 0.2) is 18.2 Å². The second-order valence-corrected chi connectivity index (χ2v) is 9.23. The standard InChI is InChI=1S/C23H32N4O3/c1-15-7-11-26(12-8-15)22(30)17(3)27-13-10-23(9-6-20(27)28)24-19-14-16(2)4-5-18(19)21(29)25-23/h4-5,14-15,17,24H,6-13H2,1-3H3,(H,25,29)/t17-,23+/m0/s1. The molecule has 0 aliphatic carbocycles. The number of hydrogen-bond donors (Lipinski definition) is 2. The van der Waals surface area contributed by atoms with Gasteiger partial charge in [-0.05, 0) is 56.7 Å². The molecule has 3 heterocycles. The second-order valence-electron chi connectivity index (χ2n) is 9.23. The van der Waals surface area contributed by atoms with E-state index in [0.29, 0.717) is 37.3 Å². The molecule has 3 amide bonds. The highest BCUT2D eigenvalue weighted by molar-refractivity contribution is 6.02. The third kappa shape index (κ3) is 3.89. The number of nitrogens with zero attached hydrogens (tertiary/aromatic N) is 2. The van der Waals surface area contributed by atoms with E-state index in [-0.39, 0.29) is 17.7 Å². The zero-order valence-electron chi connectivity index (χ0n) is 18.2. The van der Waals surface area contributed by atoms with Crippen LogP contribution in [0.4, 0.5) is 5.69 Å². The normalized spacial score (nSPS) is 26.0. The summed E-state index contributed by atoms with van der Waals surface area (Å²) in [5.74, 6) is 0.546. The van der Waals surface area contributed by atoms with Crippen LogP contribution >= 0.6 is 0 Å². The summed E-state index contributed by atoms with van der Waals surface area (Å²) in [5.41, 5.74) is 1.85. The Labute approximate surface area is 178 Å². The lowest BCUT2D eigenvalue weighted by Crippen LogP contribution is -2.58. The van der Waals surface area contributed by atoms with E-state index in [9.17, 15) is 14.4 Å². The van der Waals surface area contributed by atoms with E-state index >= 15 is 0 Å². The summed E-state index contributed by atoms with van der Waals surface area (Å²) < 4.78 is 0. The maximum atomic E-state index is 13.0. The number of nitrogens with one attached hydrogen (secondary N) is 2. The molecule has 7 nitrogen and oxygen atoms in total. The van der Waals surface area contributed by atoms with Gasteiger partial charge in [0.2, 0.25) is 11.8 Å². The number of hydrogen-bond acceptors (Lipinski definition) is 4. The Bertz CT molecular complexity index is 862. The number of carbonyl (C=O) groups is 3. The predicted molar refractivity (Wildman–Crippen MR) is 115 cm³/mol. The highest BCUT2D eigenvalue weighted by Crippen LogP contribution is 2.33. The van der Waals surface area contributed by atoms with Crippen LogP contribution in [-0.4, -0.2) is 58.9 Å². The molecule has 1 aromatic rings. The molecule has 30 heavy (non-hydrogen) atoms. The average Bonchev–Trinajstić information content (AvgIpc) is 2.86. The minimum absolute atomic E-state index is 0.0239. The number of aryl methyl sites for hydroxylation is 1. The third-order valence-corrected chi connectivity index (χ3v) is 6.93. The van der Waals surface area contributed by atoms with Crippen LogP contribution in [0, 0.1) is 12.8 Å². The summed E-state index contributed by atoms with van der Waals surface area (Å²) in [4.78, 5) is 42.3. The van der Waals surface area contributed by atoms with Crippen molar-refractivity contribution in [2.24, 2.45) is 5.92 Å². The van der Waals surface area contributed by atoms with Gasteiger partial charge in [-0.3, -0.25) is 14.4 Å². The lowest BCUT2D eigenvalue weighted by atomic mass is 9.94. The van der Waals surface area contributed by atoms with Gasteiger partial charge in [0.25, 0.3) is 5.91 Å². The molecule has 2 saturated heterocycles. The molecule has 2 fully saturated rings. The van der Waals surface area contributed by atoms with Crippen molar-refractivity contribution in [1.82, 2.24) is 15.1 Å². The lowest BCUT2D eigenvalue weighted by molar-refractivity contribution is -0.145. The van der Waals surface area contributed by atoms with E-state index in [2.05, 4.69) is 17.6 Å². The number of carbonyl (C=O) groups excluding carboxylic acids is 3. The fourth-order valence-electron chi connectivity index (χ4n) is 4.84. The van der Waals surface area contributed by atoms with E-state index in [4.69, 9.17) is 0 Å². The van der Waals surface area contributed by atoms with Crippen LogP contribution in [0.25, 0.3) is 0 Å². The largest absolute Gasteiger partial charge is 0.362 e. The molecule has 7 heteroatoms. The van der Waals surface area contributed by atoms with Gasteiger partial charge in [-0.2, -0.15) is 0 Å². The third-order valence-electron chi connectivity index (χ3n) is 6.93. The lowest BCUT2D eigenvalue weighted by Gasteiger charge is -2.40. The number of amides is 3. The molecule has 0 radical (unpaired) electrons. The SMILES string of the molecule is Cc1ccc2c(c1)N[C@]1(CCC(=O)N([C@@H](C)C(=O)N3CCC(C)CC3)CC1)NC2=O. The predicted octanol–water partition coefficient (Wildman–Crippen LogP) is 2.51. The molecule has 162 valence electrons. The Morgan fingerprint density at radius 3 is 2.60 bits per heavy atom. The molecule has 1 spiro atoms. The number of rotatable bonds is 2. The fourth-order valence-corrected chi connectivity index (χ4v) is 4.84. The number of anilines is 1. The van der Waals surface area contributed by atoms with Gasteiger partial charge >= 0.3 is 0 Å². The molecule has 0 saturated carbocycles. The fraction of sp³-hybridized carbons (Fsp3) is 0.609. The Kier molecular flexibility index (Phi) is 5.47. The summed E-state index contributed by atoms with van der Waals surface area (Å²) in [6, 6.07) is 5.25. The quantitative estimate of drug-likeness (QED) is 0.782. The van der Waals surface area contributed by atoms with E-state index in [1.807, 2.05) is 36.9 Å². The van der Waals surface area contributed by atoms with Crippen LogP contribution in [0.5, 0.6) is 0 Å². The van der Waals surface area contributed by atoms with Gasteiger partial charge in [-0.1, -0.05) is 13.0 Å². The first-order valence-electron chi connectivity index (χ1n) is 11.1. The Morgan fingerprint density at radius 2 is 1.87 bits per heavy atom. The van der Waals surface area contributed by atoms with Gasteiger partial charge in [-0.15, -0.1) is 0 Å². The molecule has 0 unspecified atom stereocenters. The van der Waals surface area contributed by atoms with Crippen molar-refractivity contribution in [2.75, 3.05) is 25.0 Å². The van der Waals surface area contributed by atoms with Crippen molar-refractivity contribution >= 4 is 23.4 Å². The summed E-state index contributed by atoms with van der Waals surface area (Å²) >= 11 is 0. The number of piperidine rings is 1. The van der Waals surface area contributed by atoms with Crippen LogP contribution in [0.2, 0.25) is 0 Å². The molecule has 4 rings (SSSR count). The minimum Gasteiger partial charge on any atom is -0.362 e. The van der Waals surface area contributed by atoms with Gasteiger partial charge in [0, 0.05) is 38.2 Å². The van der Waals surface area contributed by atoms with E-state index in [1.165, 1.54) is 0 Å². The highest BCUT2D eigenvalue weighted by Gasteiger charge is 2.42. The Balaban J connectivity index is 1.48. The van der Waals surface area contributed by atoms with Gasteiger partial charge in [-0.25, -0.2) is 0 Å². The maximum Gasteiger partial charge on any atom is 0.255 e. The summed E-state index contributed by atoms with van der Waals surface area (Å²) in [5, 5.41) is 6.60. The molecule has 2 atom stereocenters. The van der Waals surface area contributed by atoms with E-state index in [1.54, 1.807) is 4.90 Å².